The average Bonchev–Trinajstić information content (AvgIpc) is 3.15. The topological polar surface area (TPSA) is 84.9 Å². The van der Waals surface area contributed by atoms with Gasteiger partial charge >= 0.3 is 5.97 Å². The molecule has 1 aromatic heterocycles. The van der Waals surface area contributed by atoms with Gasteiger partial charge in [-0.2, -0.15) is 0 Å². The summed E-state index contributed by atoms with van der Waals surface area (Å²) in [5.74, 6) is 0.0570. The van der Waals surface area contributed by atoms with Gasteiger partial charge in [0.25, 0.3) is 5.91 Å². The fourth-order valence-electron chi connectivity index (χ4n) is 2.69. The van der Waals surface area contributed by atoms with Crippen LogP contribution in [0.3, 0.4) is 0 Å². The van der Waals surface area contributed by atoms with Gasteiger partial charge in [0.15, 0.2) is 12.7 Å². The highest BCUT2D eigenvalue weighted by Gasteiger charge is 2.27. The summed E-state index contributed by atoms with van der Waals surface area (Å²) in [6.45, 7) is 2.81. The van der Waals surface area contributed by atoms with E-state index in [9.17, 15) is 9.59 Å². The van der Waals surface area contributed by atoms with Gasteiger partial charge in [-0.25, -0.2) is 14.8 Å². The minimum Gasteiger partial charge on any atom is -0.454 e. The van der Waals surface area contributed by atoms with E-state index < -0.39 is 12.1 Å². The van der Waals surface area contributed by atoms with Crippen molar-refractivity contribution in [2.75, 3.05) is 44.3 Å². The van der Waals surface area contributed by atoms with E-state index in [-0.39, 0.29) is 12.5 Å². The van der Waals surface area contributed by atoms with E-state index in [1.165, 1.54) is 0 Å². The molecular weight excluding hydrogens is 300 g/mol. The van der Waals surface area contributed by atoms with Crippen LogP contribution in [0.1, 0.15) is 12.8 Å². The first-order valence-corrected chi connectivity index (χ1v) is 7.82. The van der Waals surface area contributed by atoms with Crippen LogP contribution in [0.5, 0.6) is 0 Å². The highest BCUT2D eigenvalue weighted by molar-refractivity contribution is 5.82. The maximum absolute atomic E-state index is 12.1. The molecule has 1 unspecified atom stereocenters. The summed E-state index contributed by atoms with van der Waals surface area (Å²) in [6, 6.07) is 1.77. The highest BCUT2D eigenvalue weighted by atomic mass is 16.6. The molecule has 2 saturated heterocycles. The van der Waals surface area contributed by atoms with Gasteiger partial charge in [-0.3, -0.25) is 4.79 Å². The first-order valence-electron chi connectivity index (χ1n) is 7.82. The van der Waals surface area contributed by atoms with Gasteiger partial charge in [-0.1, -0.05) is 0 Å². The van der Waals surface area contributed by atoms with E-state index in [1.807, 2.05) is 4.90 Å². The van der Waals surface area contributed by atoms with Gasteiger partial charge in [0.1, 0.15) is 0 Å². The fraction of sp³-hybridized carbons (Fsp3) is 0.600. The number of hydrogen-bond acceptors (Lipinski definition) is 7. The van der Waals surface area contributed by atoms with Crippen molar-refractivity contribution in [3.63, 3.8) is 0 Å². The predicted molar refractivity (Wildman–Crippen MR) is 80.8 cm³/mol. The largest absolute Gasteiger partial charge is 0.454 e. The van der Waals surface area contributed by atoms with Crippen molar-refractivity contribution in [3.05, 3.63) is 18.5 Å². The third-order valence-corrected chi connectivity index (χ3v) is 4.00. The molecule has 23 heavy (non-hydrogen) atoms. The van der Waals surface area contributed by atoms with Crippen LogP contribution in [0.15, 0.2) is 18.5 Å². The number of hydrogen-bond donors (Lipinski definition) is 0. The number of carbonyl (C=O) groups excluding carboxylic acids is 2. The summed E-state index contributed by atoms with van der Waals surface area (Å²) in [4.78, 5) is 36.0. The number of carbonyl (C=O) groups is 2. The number of anilines is 1. The van der Waals surface area contributed by atoms with Gasteiger partial charge < -0.3 is 19.3 Å². The zero-order valence-electron chi connectivity index (χ0n) is 12.9. The van der Waals surface area contributed by atoms with Gasteiger partial charge in [0, 0.05) is 45.2 Å². The van der Waals surface area contributed by atoms with Crippen LogP contribution in [0.25, 0.3) is 0 Å². The molecule has 3 heterocycles. The molecule has 0 aliphatic carbocycles. The monoisotopic (exact) mass is 320 g/mol. The van der Waals surface area contributed by atoms with Crippen LogP contribution in [0.2, 0.25) is 0 Å². The second kappa shape index (κ2) is 7.36. The summed E-state index contributed by atoms with van der Waals surface area (Å²) in [5.41, 5.74) is 0. The van der Waals surface area contributed by atoms with Crippen molar-refractivity contribution in [2.24, 2.45) is 0 Å². The third kappa shape index (κ3) is 3.95. The number of rotatable bonds is 4. The zero-order valence-corrected chi connectivity index (χ0v) is 12.9. The zero-order chi connectivity index (χ0) is 16.1. The Morgan fingerprint density at radius 3 is 2.61 bits per heavy atom. The van der Waals surface area contributed by atoms with E-state index in [0.29, 0.717) is 45.2 Å². The molecule has 1 atom stereocenters. The molecular formula is C15H20N4O4. The van der Waals surface area contributed by atoms with Gasteiger partial charge in [0.2, 0.25) is 5.95 Å². The maximum Gasteiger partial charge on any atom is 0.335 e. The van der Waals surface area contributed by atoms with E-state index in [0.717, 1.165) is 6.42 Å². The van der Waals surface area contributed by atoms with E-state index in [1.54, 1.807) is 23.4 Å². The Morgan fingerprint density at radius 1 is 1.22 bits per heavy atom. The number of esters is 1. The molecule has 124 valence electrons. The SMILES string of the molecule is O=C(OCC(=O)N1CCN(c2ncccn2)CC1)C1CCCO1. The van der Waals surface area contributed by atoms with Gasteiger partial charge in [-0.15, -0.1) is 0 Å². The number of nitrogens with zero attached hydrogens (tertiary/aromatic N) is 4. The quantitative estimate of drug-likeness (QED) is 0.713. The molecule has 0 radical (unpaired) electrons. The molecule has 1 aromatic rings. The van der Waals surface area contributed by atoms with Crippen molar-refractivity contribution in [1.29, 1.82) is 0 Å². The molecule has 3 rings (SSSR count). The maximum atomic E-state index is 12.1. The molecule has 0 aromatic carbocycles. The minimum absolute atomic E-state index is 0.176. The summed E-state index contributed by atoms with van der Waals surface area (Å²) < 4.78 is 10.3. The summed E-state index contributed by atoms with van der Waals surface area (Å²) in [7, 11) is 0. The van der Waals surface area contributed by atoms with Crippen LogP contribution in [0, 0.1) is 0 Å². The molecule has 2 aliphatic heterocycles. The van der Waals surface area contributed by atoms with Crippen LogP contribution >= 0.6 is 0 Å². The molecule has 1 amide bonds. The average molecular weight is 320 g/mol. The Labute approximate surface area is 134 Å². The van der Waals surface area contributed by atoms with Crippen molar-refractivity contribution in [2.45, 2.75) is 18.9 Å². The summed E-state index contributed by atoms with van der Waals surface area (Å²) in [5, 5.41) is 0. The lowest BCUT2D eigenvalue weighted by atomic mass is 10.2. The van der Waals surface area contributed by atoms with Crippen LogP contribution in [-0.4, -0.2) is 72.2 Å². The molecule has 2 fully saturated rings. The smallest absolute Gasteiger partial charge is 0.335 e. The van der Waals surface area contributed by atoms with E-state index in [2.05, 4.69) is 9.97 Å². The number of ether oxygens (including phenoxy) is 2. The molecule has 8 heteroatoms. The summed E-state index contributed by atoms with van der Waals surface area (Å²) in [6.07, 6.45) is 4.42. The molecule has 8 nitrogen and oxygen atoms in total. The Hall–Kier alpha value is -2.22. The van der Waals surface area contributed by atoms with Crippen molar-refractivity contribution in [3.8, 4) is 0 Å². The normalized spacial score (nSPS) is 21.3. The van der Waals surface area contributed by atoms with Gasteiger partial charge in [0.05, 0.1) is 0 Å². The van der Waals surface area contributed by atoms with Gasteiger partial charge in [-0.05, 0) is 18.9 Å². The van der Waals surface area contributed by atoms with E-state index in [4.69, 9.17) is 9.47 Å². The minimum atomic E-state index is -0.505. The number of amides is 1. The Balaban J connectivity index is 1.42. The second-order valence-electron chi connectivity index (χ2n) is 5.53. The second-order valence-corrected chi connectivity index (χ2v) is 5.53. The highest BCUT2D eigenvalue weighted by Crippen LogP contribution is 2.14. The Kier molecular flexibility index (Phi) is 5.02. The molecule has 0 N–H and O–H groups in total. The predicted octanol–water partition coefficient (Wildman–Crippen LogP) is -0.153. The number of piperazine rings is 1. The van der Waals surface area contributed by atoms with Crippen LogP contribution in [0.4, 0.5) is 5.95 Å². The molecule has 2 aliphatic rings. The summed E-state index contributed by atoms with van der Waals surface area (Å²) >= 11 is 0. The van der Waals surface area contributed by atoms with E-state index >= 15 is 0 Å². The Morgan fingerprint density at radius 2 is 1.96 bits per heavy atom. The third-order valence-electron chi connectivity index (χ3n) is 4.00. The molecule has 0 bridgehead atoms. The first-order chi connectivity index (χ1) is 11.2. The molecule has 0 spiro atoms. The lowest BCUT2D eigenvalue weighted by molar-refractivity contribution is -0.159. The number of aromatic nitrogens is 2. The lowest BCUT2D eigenvalue weighted by Gasteiger charge is -2.34. The Bertz CT molecular complexity index is 540. The molecule has 0 saturated carbocycles. The van der Waals surface area contributed by atoms with Crippen LogP contribution < -0.4 is 4.90 Å². The standard InChI is InChI=1S/C15H20N4O4/c20-13(11-23-14(21)12-3-1-10-22-12)18-6-8-19(9-7-18)15-16-4-2-5-17-15/h2,4-5,12H,1,3,6-11H2. The lowest BCUT2D eigenvalue weighted by Crippen LogP contribution is -2.50. The van der Waals surface area contributed by atoms with Crippen molar-refractivity contribution < 1.29 is 19.1 Å². The van der Waals surface area contributed by atoms with Crippen molar-refractivity contribution in [1.82, 2.24) is 14.9 Å². The first kappa shape index (κ1) is 15.7. The fourth-order valence-corrected chi connectivity index (χ4v) is 2.69. The van der Waals surface area contributed by atoms with Crippen molar-refractivity contribution >= 4 is 17.8 Å². The van der Waals surface area contributed by atoms with Crippen LogP contribution in [-0.2, 0) is 19.1 Å².